The van der Waals surface area contributed by atoms with Gasteiger partial charge in [-0.1, -0.05) is 96.9 Å². The normalized spacial score (nSPS) is 8.93. The molecule has 0 saturated heterocycles. The Balaban J connectivity index is 0.000000328. The fourth-order valence-electron chi connectivity index (χ4n) is 3.25. The number of fused-ring (bicyclic) bond motifs is 1. The lowest BCUT2D eigenvalue weighted by molar-refractivity contribution is 0.681. The number of aromatic nitrogens is 2. The Morgan fingerprint density at radius 1 is 0.682 bits per heavy atom. The van der Waals surface area contributed by atoms with E-state index in [2.05, 4.69) is 120 Å². The molecule has 2 aromatic heterocycles. The van der Waals surface area contributed by atoms with Crippen LogP contribution in [0, 0.1) is 0 Å². The molecule has 0 saturated carbocycles. The van der Waals surface area contributed by atoms with E-state index in [1.165, 1.54) is 11.3 Å². The monoisotopic (exact) mass is 604 g/mol. The minimum atomic E-state index is -0.981. The average Bonchev–Trinajstić information content (AvgIpc) is 3.51. The predicted octanol–water partition coefficient (Wildman–Crippen LogP) is 9.55. The summed E-state index contributed by atoms with van der Waals surface area (Å²) in [7, 11) is -0.981. The van der Waals surface area contributed by atoms with Crippen molar-refractivity contribution in [3.63, 3.8) is 0 Å². The number of nitrogens with zero attached hydrogens (tertiary/aromatic N) is 2. The zero-order valence-corrected chi connectivity index (χ0v) is 26.1. The topological polar surface area (TPSA) is 42.9 Å². The Hall–Kier alpha value is -5.75. The van der Waals surface area contributed by atoms with Gasteiger partial charge in [0.25, 0.3) is 0 Å². The van der Waals surface area contributed by atoms with Crippen LogP contribution in [0.5, 0.6) is 0 Å². The molecule has 0 bridgehead atoms. The predicted molar refractivity (Wildman–Crippen MR) is 183 cm³/mol. The van der Waals surface area contributed by atoms with E-state index in [1.54, 1.807) is 0 Å². The SMILES string of the molecule is C=C=C=C=C=C=C=C.C=C=C=C=C=C=C=C=C.CCCCS(=O)c1cc2c(-c3ccccc3)nc(-c3ccccc3)nc2s1. The van der Waals surface area contributed by atoms with E-state index in [-0.39, 0.29) is 0 Å². The Kier molecular flexibility index (Phi) is 16.5. The molecule has 0 fully saturated rings. The van der Waals surface area contributed by atoms with Gasteiger partial charge in [-0.3, -0.25) is 4.21 Å². The summed E-state index contributed by atoms with van der Waals surface area (Å²) in [6.45, 7) is 15.2. The van der Waals surface area contributed by atoms with Crippen molar-refractivity contribution >= 4 is 32.4 Å². The van der Waals surface area contributed by atoms with Crippen LogP contribution in [0.25, 0.3) is 32.9 Å². The molecule has 1 atom stereocenters. The van der Waals surface area contributed by atoms with Crippen molar-refractivity contribution in [3.05, 3.63) is 168 Å². The van der Waals surface area contributed by atoms with E-state index in [0.717, 1.165) is 44.1 Å². The summed E-state index contributed by atoms with van der Waals surface area (Å²) < 4.78 is 13.5. The molecule has 44 heavy (non-hydrogen) atoms. The molecule has 0 radical (unpaired) electrons. The molecule has 4 aromatic rings. The summed E-state index contributed by atoms with van der Waals surface area (Å²) in [5.41, 5.74) is 34.4. The van der Waals surface area contributed by atoms with Gasteiger partial charge in [0.15, 0.2) is 5.82 Å². The number of unbranched alkanes of at least 4 members (excludes halogenated alkanes) is 1. The highest BCUT2D eigenvalue weighted by Crippen LogP contribution is 2.35. The van der Waals surface area contributed by atoms with E-state index in [1.807, 2.05) is 54.6 Å². The van der Waals surface area contributed by atoms with Gasteiger partial charge in [0, 0.05) is 22.3 Å². The molecule has 0 aliphatic heterocycles. The van der Waals surface area contributed by atoms with Crippen LogP contribution < -0.4 is 0 Å². The lowest BCUT2D eigenvalue weighted by atomic mass is 10.1. The molecular weight excluding hydrogens is 577 g/mol. The molecule has 5 heteroatoms. The Morgan fingerprint density at radius 2 is 1.16 bits per heavy atom. The van der Waals surface area contributed by atoms with Crippen molar-refractivity contribution in [2.24, 2.45) is 0 Å². The molecule has 1 unspecified atom stereocenters. The van der Waals surface area contributed by atoms with Crippen molar-refractivity contribution < 1.29 is 4.21 Å². The summed E-state index contributed by atoms with van der Waals surface area (Å²) >= 11 is 1.52. The van der Waals surface area contributed by atoms with Crippen molar-refractivity contribution in [1.29, 1.82) is 0 Å². The first kappa shape index (κ1) is 34.5. The second-order valence-corrected chi connectivity index (χ2v) is 11.0. The number of thiophene rings is 1. The molecular formula is C39H28N2OS2. The second-order valence-electron chi connectivity index (χ2n) is 8.15. The van der Waals surface area contributed by atoms with Gasteiger partial charge in [-0.25, -0.2) is 9.97 Å². The third-order valence-electron chi connectivity index (χ3n) is 5.15. The zero-order valence-electron chi connectivity index (χ0n) is 24.4. The fraction of sp³-hybridized carbons (Fsp3) is 0.103. The largest absolute Gasteiger partial charge is 0.254 e. The van der Waals surface area contributed by atoms with Gasteiger partial charge in [0.1, 0.15) is 4.83 Å². The number of rotatable bonds is 6. The van der Waals surface area contributed by atoms with Crippen LogP contribution in [0.2, 0.25) is 0 Å². The van der Waals surface area contributed by atoms with Gasteiger partial charge in [-0.05, 0) is 90.4 Å². The molecule has 0 N–H and O–H groups in total. The smallest absolute Gasteiger partial charge is 0.161 e. The first-order chi connectivity index (χ1) is 21.6. The van der Waals surface area contributed by atoms with Crippen LogP contribution in [0.15, 0.2) is 172 Å². The third kappa shape index (κ3) is 12.0. The van der Waals surface area contributed by atoms with E-state index >= 15 is 0 Å². The maximum absolute atomic E-state index is 12.6. The van der Waals surface area contributed by atoms with Gasteiger partial charge in [0.05, 0.1) is 20.7 Å². The maximum Gasteiger partial charge on any atom is 0.161 e. The lowest BCUT2D eigenvalue weighted by Crippen LogP contribution is -1.94. The maximum atomic E-state index is 12.6. The van der Waals surface area contributed by atoms with Crippen molar-refractivity contribution in [3.8, 4) is 22.6 Å². The summed E-state index contributed by atoms with van der Waals surface area (Å²) in [5, 5.41) is 0.978. The quantitative estimate of drug-likeness (QED) is 0.206. The van der Waals surface area contributed by atoms with Crippen molar-refractivity contribution in [2.75, 3.05) is 5.75 Å². The molecule has 0 amide bonds. The molecule has 0 aliphatic carbocycles. The first-order valence-corrected chi connectivity index (χ1v) is 15.4. The number of hydrogen-bond donors (Lipinski definition) is 0. The van der Waals surface area contributed by atoms with Crippen LogP contribution in [0.1, 0.15) is 19.8 Å². The molecule has 2 heterocycles. The number of benzene rings is 2. The van der Waals surface area contributed by atoms with Gasteiger partial charge in [0.2, 0.25) is 0 Å². The highest BCUT2D eigenvalue weighted by molar-refractivity contribution is 7.87. The van der Waals surface area contributed by atoms with Gasteiger partial charge < -0.3 is 0 Å². The fourth-order valence-corrected chi connectivity index (χ4v) is 5.88. The van der Waals surface area contributed by atoms with E-state index in [0.29, 0.717) is 11.6 Å². The van der Waals surface area contributed by atoms with E-state index in [4.69, 9.17) is 9.97 Å². The van der Waals surface area contributed by atoms with Crippen molar-refractivity contribution in [1.82, 2.24) is 9.97 Å². The van der Waals surface area contributed by atoms with Crippen LogP contribution in [0.3, 0.4) is 0 Å². The highest BCUT2D eigenvalue weighted by atomic mass is 32.2. The summed E-state index contributed by atoms with van der Waals surface area (Å²) in [4.78, 5) is 10.6. The summed E-state index contributed by atoms with van der Waals surface area (Å²) in [6, 6.07) is 22.2. The number of hydrogen-bond acceptors (Lipinski definition) is 4. The zero-order chi connectivity index (χ0) is 31.8. The van der Waals surface area contributed by atoms with Crippen molar-refractivity contribution in [2.45, 2.75) is 24.0 Å². The van der Waals surface area contributed by atoms with Gasteiger partial charge in [-0.2, -0.15) is 0 Å². The van der Waals surface area contributed by atoms with Crippen LogP contribution >= 0.6 is 11.3 Å². The summed E-state index contributed by atoms with van der Waals surface area (Å²) in [6.07, 6.45) is 2.01. The second kappa shape index (κ2) is 21.0. The molecule has 3 nitrogen and oxygen atoms in total. The van der Waals surface area contributed by atoms with E-state index < -0.39 is 10.8 Å². The Morgan fingerprint density at radius 3 is 1.64 bits per heavy atom. The molecule has 0 spiro atoms. The lowest BCUT2D eigenvalue weighted by Gasteiger charge is -2.06. The minimum absolute atomic E-state index is 0.697. The molecule has 4 rings (SSSR count). The molecule has 212 valence electrons. The average molecular weight is 605 g/mol. The molecule has 2 aromatic carbocycles. The first-order valence-electron chi connectivity index (χ1n) is 13.2. The minimum Gasteiger partial charge on any atom is -0.254 e. The van der Waals surface area contributed by atoms with E-state index in [9.17, 15) is 4.21 Å². The van der Waals surface area contributed by atoms with Crippen LogP contribution in [-0.4, -0.2) is 19.9 Å². The third-order valence-corrected chi connectivity index (χ3v) is 8.01. The van der Waals surface area contributed by atoms with Crippen LogP contribution in [0.4, 0.5) is 0 Å². The van der Waals surface area contributed by atoms with Gasteiger partial charge in [-0.15, -0.1) is 11.3 Å². The Bertz CT molecular complexity index is 2030. The van der Waals surface area contributed by atoms with Gasteiger partial charge >= 0.3 is 0 Å². The standard InChI is InChI=1S/C22H20N2OS2.C9H4.C8H4/c1-2-3-14-27(25)19-15-18-20(16-10-6-4-7-11-16)23-21(24-22(18)26-19)17-12-8-5-9-13-17;1-3-5-7-9-8-6-4-2;1-3-5-7-8-6-4-2/h4-13,15H,2-3,14H2,1H3;1-2H2;1-2H2. The summed E-state index contributed by atoms with van der Waals surface area (Å²) in [5.74, 6) is 1.40. The Labute approximate surface area is 265 Å². The van der Waals surface area contributed by atoms with Crippen LogP contribution in [-0.2, 0) is 10.8 Å². The molecule has 0 aliphatic rings. The highest BCUT2D eigenvalue weighted by Gasteiger charge is 2.16.